The number of nitrogens with one attached hydrogen (secondary N) is 2. The summed E-state index contributed by atoms with van der Waals surface area (Å²) < 4.78 is 27.7. The molecule has 0 spiro atoms. The van der Waals surface area contributed by atoms with Crippen LogP contribution in [0.3, 0.4) is 0 Å². The van der Waals surface area contributed by atoms with Gasteiger partial charge in [0.05, 0.1) is 32.7 Å². The molecule has 0 aliphatic rings. The number of aryl methyl sites for hydroxylation is 1. The summed E-state index contributed by atoms with van der Waals surface area (Å²) in [6, 6.07) is 6.88. The summed E-state index contributed by atoms with van der Waals surface area (Å²) >= 11 is 0. The molecule has 2 aromatic carbocycles. The highest BCUT2D eigenvalue weighted by molar-refractivity contribution is 7.92. The lowest BCUT2D eigenvalue weighted by atomic mass is 10.2. The standard InChI is InChI=1S/C15H16N4O7S/c1-10-2-3-12(19(23)24)9-15(10)27(25,26)17-14-8-11(18(21)22)4-5-13(14)16-6-7-20/h2-5,8-9,16-17,20H,6-7H2,1H3. The van der Waals surface area contributed by atoms with E-state index in [4.69, 9.17) is 5.11 Å². The topological polar surface area (TPSA) is 165 Å². The number of nitrogens with zero attached hydrogens (tertiary/aromatic N) is 2. The third-order valence-electron chi connectivity index (χ3n) is 3.56. The fraction of sp³-hybridized carbons (Fsp3) is 0.200. The number of hydrogen-bond acceptors (Lipinski definition) is 8. The minimum Gasteiger partial charge on any atom is -0.395 e. The molecule has 0 amide bonds. The first-order valence-electron chi connectivity index (χ1n) is 7.56. The number of anilines is 2. The van der Waals surface area contributed by atoms with Crippen LogP contribution in [-0.4, -0.2) is 36.5 Å². The Morgan fingerprint density at radius 1 is 1.00 bits per heavy atom. The highest BCUT2D eigenvalue weighted by atomic mass is 32.2. The molecule has 0 saturated heterocycles. The zero-order valence-corrected chi connectivity index (χ0v) is 14.9. The van der Waals surface area contributed by atoms with Crippen molar-refractivity contribution in [3.8, 4) is 0 Å². The van der Waals surface area contributed by atoms with E-state index in [0.717, 1.165) is 12.1 Å². The molecule has 11 nitrogen and oxygen atoms in total. The average Bonchev–Trinajstić information content (AvgIpc) is 2.60. The summed E-state index contributed by atoms with van der Waals surface area (Å²) in [5.41, 5.74) is -0.398. The van der Waals surface area contributed by atoms with Crippen LogP contribution in [0.2, 0.25) is 0 Å². The Labute approximate surface area is 154 Å². The number of aliphatic hydroxyl groups is 1. The average molecular weight is 396 g/mol. The fourth-order valence-electron chi connectivity index (χ4n) is 2.27. The van der Waals surface area contributed by atoms with Gasteiger partial charge in [0.1, 0.15) is 0 Å². The summed E-state index contributed by atoms with van der Waals surface area (Å²) in [6.07, 6.45) is 0. The summed E-state index contributed by atoms with van der Waals surface area (Å²) in [7, 11) is -4.27. The van der Waals surface area contributed by atoms with Crippen molar-refractivity contribution in [2.45, 2.75) is 11.8 Å². The van der Waals surface area contributed by atoms with Crippen LogP contribution in [0.1, 0.15) is 5.56 Å². The van der Waals surface area contributed by atoms with E-state index >= 15 is 0 Å². The van der Waals surface area contributed by atoms with Crippen LogP contribution in [0.15, 0.2) is 41.3 Å². The van der Waals surface area contributed by atoms with Crippen molar-refractivity contribution in [2.24, 2.45) is 0 Å². The Hall–Kier alpha value is -3.25. The predicted molar refractivity (Wildman–Crippen MR) is 97.3 cm³/mol. The van der Waals surface area contributed by atoms with Gasteiger partial charge in [-0.05, 0) is 18.6 Å². The molecule has 12 heteroatoms. The SMILES string of the molecule is Cc1ccc([N+](=O)[O-])cc1S(=O)(=O)Nc1cc([N+](=O)[O-])ccc1NCCO. The summed E-state index contributed by atoms with van der Waals surface area (Å²) in [5, 5.41) is 33.6. The van der Waals surface area contributed by atoms with Crippen molar-refractivity contribution >= 4 is 32.8 Å². The van der Waals surface area contributed by atoms with Crippen molar-refractivity contribution in [2.75, 3.05) is 23.2 Å². The number of benzene rings is 2. The van der Waals surface area contributed by atoms with E-state index in [1.807, 2.05) is 0 Å². The van der Waals surface area contributed by atoms with E-state index in [1.165, 1.54) is 31.2 Å². The van der Waals surface area contributed by atoms with Crippen molar-refractivity contribution in [1.29, 1.82) is 0 Å². The lowest BCUT2D eigenvalue weighted by molar-refractivity contribution is -0.385. The largest absolute Gasteiger partial charge is 0.395 e. The third-order valence-corrected chi connectivity index (χ3v) is 5.07. The van der Waals surface area contributed by atoms with Gasteiger partial charge in [0.2, 0.25) is 0 Å². The first kappa shape index (κ1) is 20.1. The number of non-ortho nitro benzene ring substituents is 2. The Morgan fingerprint density at radius 2 is 1.59 bits per heavy atom. The second-order valence-corrected chi connectivity index (χ2v) is 7.10. The highest BCUT2D eigenvalue weighted by Gasteiger charge is 2.23. The van der Waals surface area contributed by atoms with Gasteiger partial charge in [-0.2, -0.15) is 0 Å². The van der Waals surface area contributed by atoms with Gasteiger partial charge in [0, 0.05) is 30.8 Å². The number of sulfonamides is 1. The second kappa shape index (κ2) is 7.97. The predicted octanol–water partition coefficient (Wildman–Crippen LogP) is 2.02. The Morgan fingerprint density at radius 3 is 2.19 bits per heavy atom. The maximum atomic E-state index is 12.7. The van der Waals surface area contributed by atoms with Crippen molar-refractivity contribution < 1.29 is 23.4 Å². The van der Waals surface area contributed by atoms with Gasteiger partial charge in [-0.25, -0.2) is 8.42 Å². The van der Waals surface area contributed by atoms with Gasteiger partial charge in [0.15, 0.2) is 0 Å². The quantitative estimate of drug-likeness (QED) is 0.450. The second-order valence-electron chi connectivity index (χ2n) is 5.45. The van der Waals surface area contributed by atoms with Gasteiger partial charge in [0.25, 0.3) is 21.4 Å². The molecule has 3 N–H and O–H groups in total. The van der Waals surface area contributed by atoms with Crippen LogP contribution in [0.25, 0.3) is 0 Å². The Kier molecular flexibility index (Phi) is 5.92. The first-order chi connectivity index (χ1) is 12.7. The molecule has 2 aromatic rings. The maximum Gasteiger partial charge on any atom is 0.271 e. The summed E-state index contributed by atoms with van der Waals surface area (Å²) in [4.78, 5) is 20.2. The zero-order valence-electron chi connectivity index (χ0n) is 14.1. The maximum absolute atomic E-state index is 12.7. The van der Waals surface area contributed by atoms with Crippen LogP contribution in [0.4, 0.5) is 22.7 Å². The van der Waals surface area contributed by atoms with E-state index in [0.29, 0.717) is 0 Å². The molecule has 0 saturated carbocycles. The first-order valence-corrected chi connectivity index (χ1v) is 9.05. The Bertz CT molecular complexity index is 992. The van der Waals surface area contributed by atoms with Crippen molar-refractivity contribution in [1.82, 2.24) is 0 Å². The molecule has 27 heavy (non-hydrogen) atoms. The third kappa shape index (κ3) is 4.68. The molecule has 2 rings (SSSR count). The summed E-state index contributed by atoms with van der Waals surface area (Å²) in [5.74, 6) is 0. The van der Waals surface area contributed by atoms with E-state index in [-0.39, 0.29) is 40.7 Å². The van der Waals surface area contributed by atoms with E-state index in [2.05, 4.69) is 10.0 Å². The van der Waals surface area contributed by atoms with Gasteiger partial charge >= 0.3 is 0 Å². The number of rotatable bonds is 8. The van der Waals surface area contributed by atoms with E-state index in [9.17, 15) is 28.6 Å². The normalized spacial score (nSPS) is 11.0. The fourth-order valence-corrected chi connectivity index (χ4v) is 3.60. The van der Waals surface area contributed by atoms with Gasteiger partial charge < -0.3 is 10.4 Å². The molecule has 0 atom stereocenters. The molecule has 0 aromatic heterocycles. The lowest BCUT2D eigenvalue weighted by Gasteiger charge is -2.14. The van der Waals surface area contributed by atoms with Crippen LogP contribution >= 0.6 is 0 Å². The number of nitro benzene ring substituents is 2. The lowest BCUT2D eigenvalue weighted by Crippen LogP contribution is -2.17. The highest BCUT2D eigenvalue weighted by Crippen LogP contribution is 2.30. The molecule has 0 heterocycles. The molecular formula is C15H16N4O7S. The van der Waals surface area contributed by atoms with Crippen LogP contribution < -0.4 is 10.0 Å². The molecule has 0 radical (unpaired) electrons. The smallest absolute Gasteiger partial charge is 0.271 e. The van der Waals surface area contributed by atoms with Gasteiger partial charge in [-0.15, -0.1) is 0 Å². The minimum atomic E-state index is -4.27. The molecule has 0 unspecified atom stereocenters. The van der Waals surface area contributed by atoms with Crippen LogP contribution in [0.5, 0.6) is 0 Å². The molecule has 0 aliphatic carbocycles. The number of nitro groups is 2. The van der Waals surface area contributed by atoms with Crippen LogP contribution in [0, 0.1) is 27.2 Å². The molecular weight excluding hydrogens is 380 g/mol. The number of aliphatic hydroxyl groups excluding tert-OH is 1. The van der Waals surface area contributed by atoms with Crippen molar-refractivity contribution in [3.63, 3.8) is 0 Å². The summed E-state index contributed by atoms with van der Waals surface area (Å²) in [6.45, 7) is 1.31. The molecule has 0 bridgehead atoms. The monoisotopic (exact) mass is 396 g/mol. The van der Waals surface area contributed by atoms with E-state index in [1.54, 1.807) is 0 Å². The molecule has 144 valence electrons. The number of hydrogen-bond donors (Lipinski definition) is 3. The van der Waals surface area contributed by atoms with Gasteiger partial charge in [-0.3, -0.25) is 25.0 Å². The van der Waals surface area contributed by atoms with Crippen molar-refractivity contribution in [3.05, 3.63) is 62.2 Å². The minimum absolute atomic E-state index is 0.0857. The molecule has 0 aliphatic heterocycles. The molecule has 0 fully saturated rings. The van der Waals surface area contributed by atoms with Gasteiger partial charge in [-0.1, -0.05) is 6.07 Å². The van der Waals surface area contributed by atoms with E-state index < -0.39 is 25.6 Å². The zero-order chi connectivity index (χ0) is 20.2. The Balaban J connectivity index is 2.50. The van der Waals surface area contributed by atoms with Crippen LogP contribution in [-0.2, 0) is 10.0 Å².